The summed E-state index contributed by atoms with van der Waals surface area (Å²) in [5.41, 5.74) is 6.77. The van der Waals surface area contributed by atoms with Gasteiger partial charge in [-0.3, -0.25) is 0 Å². The monoisotopic (exact) mass is 272 g/mol. The third-order valence-corrected chi connectivity index (χ3v) is 2.97. The largest absolute Gasteiger partial charge is 0.383 e. The Bertz CT molecular complexity index is 338. The Morgan fingerprint density at radius 2 is 2.00 bits per heavy atom. The minimum absolute atomic E-state index is 0.538. The molecule has 0 amide bonds. The van der Waals surface area contributed by atoms with E-state index in [1.54, 1.807) is 0 Å². The summed E-state index contributed by atoms with van der Waals surface area (Å²) >= 11 is 3.39. The fraction of sp³-hybridized carbons (Fsp3) is 0.600. The quantitative estimate of drug-likeness (QED) is 0.903. The zero-order valence-electron chi connectivity index (χ0n) is 9.42. The van der Waals surface area contributed by atoms with Crippen molar-refractivity contribution < 1.29 is 0 Å². The number of nitrogen functional groups attached to an aromatic ring is 1. The topological polar surface area (TPSA) is 55.0 Å². The molecule has 5 heteroatoms. The van der Waals surface area contributed by atoms with Crippen LogP contribution in [0.4, 0.5) is 5.82 Å². The van der Waals surface area contributed by atoms with Gasteiger partial charge in [-0.15, -0.1) is 0 Å². The minimum Gasteiger partial charge on any atom is -0.383 e. The van der Waals surface area contributed by atoms with Crippen molar-refractivity contribution in [1.29, 1.82) is 0 Å². The number of anilines is 1. The number of aromatic nitrogens is 2. The first-order valence-electron chi connectivity index (χ1n) is 5.00. The van der Waals surface area contributed by atoms with Crippen molar-refractivity contribution in [2.75, 3.05) is 26.4 Å². The van der Waals surface area contributed by atoms with Crippen LogP contribution in [0.2, 0.25) is 0 Å². The summed E-state index contributed by atoms with van der Waals surface area (Å²) in [6.07, 6.45) is 1.69. The van der Waals surface area contributed by atoms with Crippen LogP contribution in [0.1, 0.15) is 18.4 Å². The molecule has 1 aromatic heterocycles. The smallest absolute Gasteiger partial charge is 0.141 e. The number of hydrogen-bond donors (Lipinski definition) is 1. The van der Waals surface area contributed by atoms with Crippen LogP contribution in [-0.2, 0) is 12.8 Å². The SMILES string of the molecule is CCc1nc(CCN(C)C)nc(N)c1Br. The van der Waals surface area contributed by atoms with E-state index in [0.29, 0.717) is 5.82 Å². The van der Waals surface area contributed by atoms with Crippen molar-refractivity contribution in [2.24, 2.45) is 0 Å². The zero-order valence-corrected chi connectivity index (χ0v) is 11.0. The van der Waals surface area contributed by atoms with Gasteiger partial charge in [-0.2, -0.15) is 0 Å². The molecule has 0 aliphatic rings. The van der Waals surface area contributed by atoms with Gasteiger partial charge in [0, 0.05) is 13.0 Å². The predicted molar refractivity (Wildman–Crippen MR) is 65.8 cm³/mol. The van der Waals surface area contributed by atoms with E-state index >= 15 is 0 Å². The summed E-state index contributed by atoms with van der Waals surface area (Å²) in [5.74, 6) is 1.36. The summed E-state index contributed by atoms with van der Waals surface area (Å²) in [6.45, 7) is 2.99. The van der Waals surface area contributed by atoms with Crippen LogP contribution >= 0.6 is 15.9 Å². The molecular weight excluding hydrogens is 256 g/mol. The number of aryl methyl sites for hydroxylation is 1. The molecule has 0 fully saturated rings. The van der Waals surface area contributed by atoms with Gasteiger partial charge < -0.3 is 10.6 Å². The first kappa shape index (κ1) is 12.4. The van der Waals surface area contributed by atoms with Crippen LogP contribution in [0.15, 0.2) is 4.47 Å². The summed E-state index contributed by atoms with van der Waals surface area (Å²) in [4.78, 5) is 10.8. The maximum atomic E-state index is 5.79. The van der Waals surface area contributed by atoms with E-state index in [0.717, 1.165) is 35.4 Å². The van der Waals surface area contributed by atoms with Crippen LogP contribution in [0.5, 0.6) is 0 Å². The third kappa shape index (κ3) is 3.43. The average Bonchev–Trinajstić information content (AvgIpc) is 2.19. The summed E-state index contributed by atoms with van der Waals surface area (Å²) < 4.78 is 0.832. The van der Waals surface area contributed by atoms with Gasteiger partial charge in [0.25, 0.3) is 0 Å². The molecule has 1 aromatic rings. The Kier molecular flexibility index (Phi) is 4.47. The Morgan fingerprint density at radius 1 is 1.33 bits per heavy atom. The first-order valence-corrected chi connectivity index (χ1v) is 5.79. The number of nitrogens with two attached hydrogens (primary N) is 1. The lowest BCUT2D eigenvalue weighted by Crippen LogP contribution is -2.17. The number of halogens is 1. The van der Waals surface area contributed by atoms with Crippen LogP contribution in [0, 0.1) is 0 Å². The Morgan fingerprint density at radius 3 is 2.53 bits per heavy atom. The van der Waals surface area contributed by atoms with E-state index in [4.69, 9.17) is 5.73 Å². The van der Waals surface area contributed by atoms with Gasteiger partial charge in [0.1, 0.15) is 11.6 Å². The molecule has 0 spiro atoms. The average molecular weight is 273 g/mol. The van der Waals surface area contributed by atoms with Crippen molar-refractivity contribution in [2.45, 2.75) is 19.8 Å². The molecular formula is C10H17BrN4. The van der Waals surface area contributed by atoms with E-state index in [-0.39, 0.29) is 0 Å². The fourth-order valence-electron chi connectivity index (χ4n) is 1.24. The van der Waals surface area contributed by atoms with Gasteiger partial charge in [-0.05, 0) is 36.4 Å². The second kappa shape index (κ2) is 5.42. The Hall–Kier alpha value is -0.680. The molecule has 2 N–H and O–H groups in total. The molecule has 1 rings (SSSR count). The van der Waals surface area contributed by atoms with E-state index < -0.39 is 0 Å². The molecule has 1 heterocycles. The summed E-state index contributed by atoms with van der Waals surface area (Å²) in [6, 6.07) is 0. The molecule has 0 aliphatic carbocycles. The molecule has 84 valence electrons. The standard InChI is InChI=1S/C10H17BrN4/c1-4-7-9(11)10(12)14-8(13-7)5-6-15(2)3/h4-6H2,1-3H3,(H2,12,13,14). The number of hydrogen-bond acceptors (Lipinski definition) is 4. The summed E-state index contributed by atoms with van der Waals surface area (Å²) in [5, 5.41) is 0. The van der Waals surface area contributed by atoms with Crippen LogP contribution in [-0.4, -0.2) is 35.5 Å². The number of rotatable bonds is 4. The molecule has 15 heavy (non-hydrogen) atoms. The predicted octanol–water partition coefficient (Wildman–Crippen LogP) is 1.49. The lowest BCUT2D eigenvalue weighted by molar-refractivity contribution is 0.409. The normalized spacial score (nSPS) is 11.0. The lowest BCUT2D eigenvalue weighted by atomic mass is 10.3. The summed E-state index contributed by atoms with van der Waals surface area (Å²) in [7, 11) is 4.06. The van der Waals surface area contributed by atoms with Crippen molar-refractivity contribution in [3.63, 3.8) is 0 Å². The molecule has 0 radical (unpaired) electrons. The second-order valence-corrected chi connectivity index (χ2v) is 4.49. The van der Waals surface area contributed by atoms with Crippen molar-refractivity contribution in [1.82, 2.24) is 14.9 Å². The molecule has 4 nitrogen and oxygen atoms in total. The Labute approximate surface area is 99.0 Å². The van der Waals surface area contributed by atoms with E-state index in [9.17, 15) is 0 Å². The van der Waals surface area contributed by atoms with Gasteiger partial charge in [-0.1, -0.05) is 6.92 Å². The van der Waals surface area contributed by atoms with Gasteiger partial charge >= 0.3 is 0 Å². The Balaban J connectivity index is 2.86. The van der Waals surface area contributed by atoms with Crippen molar-refractivity contribution in [3.8, 4) is 0 Å². The van der Waals surface area contributed by atoms with Gasteiger partial charge in [0.05, 0.1) is 10.2 Å². The van der Waals surface area contributed by atoms with E-state index in [1.807, 2.05) is 14.1 Å². The highest BCUT2D eigenvalue weighted by Crippen LogP contribution is 2.21. The fourth-order valence-corrected chi connectivity index (χ4v) is 1.69. The number of likely N-dealkylation sites (N-methyl/N-ethyl adjacent to an activating group) is 1. The lowest BCUT2D eigenvalue weighted by Gasteiger charge is -2.10. The van der Waals surface area contributed by atoms with Gasteiger partial charge in [-0.25, -0.2) is 9.97 Å². The first-order chi connectivity index (χ1) is 7.04. The van der Waals surface area contributed by atoms with Gasteiger partial charge in [0.15, 0.2) is 0 Å². The maximum Gasteiger partial charge on any atom is 0.141 e. The van der Waals surface area contributed by atoms with Crippen molar-refractivity contribution >= 4 is 21.7 Å². The molecule has 0 aromatic carbocycles. The zero-order chi connectivity index (χ0) is 11.4. The molecule has 0 saturated carbocycles. The number of nitrogens with zero attached hydrogens (tertiary/aromatic N) is 3. The van der Waals surface area contributed by atoms with Crippen molar-refractivity contribution in [3.05, 3.63) is 16.0 Å². The molecule has 0 atom stereocenters. The maximum absolute atomic E-state index is 5.79. The van der Waals surface area contributed by atoms with Crippen LogP contribution < -0.4 is 5.73 Å². The molecule has 0 aliphatic heterocycles. The van der Waals surface area contributed by atoms with E-state index in [2.05, 4.69) is 37.7 Å². The van der Waals surface area contributed by atoms with Gasteiger partial charge in [0.2, 0.25) is 0 Å². The highest BCUT2D eigenvalue weighted by Gasteiger charge is 2.08. The molecule has 0 unspecified atom stereocenters. The van der Waals surface area contributed by atoms with Crippen LogP contribution in [0.3, 0.4) is 0 Å². The van der Waals surface area contributed by atoms with Crippen LogP contribution in [0.25, 0.3) is 0 Å². The highest BCUT2D eigenvalue weighted by molar-refractivity contribution is 9.10. The van der Waals surface area contributed by atoms with E-state index in [1.165, 1.54) is 0 Å². The highest BCUT2D eigenvalue weighted by atomic mass is 79.9. The second-order valence-electron chi connectivity index (χ2n) is 3.69. The molecule has 0 saturated heterocycles. The molecule has 0 bridgehead atoms. The minimum atomic E-state index is 0.538. The third-order valence-electron chi connectivity index (χ3n) is 2.11.